The zero-order chi connectivity index (χ0) is 17.5. The minimum Gasteiger partial charge on any atom is -0.490 e. The Morgan fingerprint density at radius 1 is 1.17 bits per heavy atom. The predicted octanol–water partition coefficient (Wildman–Crippen LogP) is 3.99. The van der Waals surface area contributed by atoms with Gasteiger partial charge in [0.05, 0.1) is 6.61 Å². The molecule has 0 bridgehead atoms. The van der Waals surface area contributed by atoms with Gasteiger partial charge in [0.2, 0.25) is 0 Å². The number of benzene rings is 2. The van der Waals surface area contributed by atoms with Crippen LogP contribution in [0, 0.1) is 6.92 Å². The molecule has 0 radical (unpaired) electrons. The lowest BCUT2D eigenvalue weighted by Crippen LogP contribution is -2.20. The largest absolute Gasteiger partial charge is 0.490 e. The first-order valence-electron chi connectivity index (χ1n) is 7.44. The monoisotopic (exact) mass is 391 g/mol. The van der Waals surface area contributed by atoms with E-state index >= 15 is 0 Å². The number of hydrogen-bond donors (Lipinski definition) is 1. The molecule has 2 aromatic rings. The molecule has 0 spiro atoms. The number of anilines is 1. The molecule has 0 heterocycles. The molecular weight excluding hydrogens is 374 g/mol. The van der Waals surface area contributed by atoms with Crippen molar-refractivity contribution in [2.24, 2.45) is 0 Å². The first-order chi connectivity index (χ1) is 11.5. The molecule has 0 fully saturated rings. The Labute approximate surface area is 149 Å². The van der Waals surface area contributed by atoms with E-state index in [1.54, 1.807) is 18.2 Å². The lowest BCUT2D eigenvalue weighted by atomic mass is 10.2. The van der Waals surface area contributed by atoms with E-state index in [0.717, 1.165) is 22.0 Å². The number of carbonyl (C=O) groups excluding carboxylic acids is 2. The van der Waals surface area contributed by atoms with E-state index in [9.17, 15) is 9.59 Å². The third kappa shape index (κ3) is 4.83. The standard InChI is InChI=1S/C18H18BrNO4/c1-3-23-17-9-13(10-21)4-7-16(17)24-11-18(22)20-15-6-5-14(19)8-12(15)2/h4-10H,3,11H2,1-2H3,(H,20,22). The van der Waals surface area contributed by atoms with Crippen LogP contribution in [-0.2, 0) is 4.79 Å². The van der Waals surface area contributed by atoms with Gasteiger partial charge in [0.1, 0.15) is 6.29 Å². The minimum absolute atomic E-state index is 0.157. The Morgan fingerprint density at radius 3 is 2.62 bits per heavy atom. The number of rotatable bonds is 7. The van der Waals surface area contributed by atoms with Crippen LogP contribution in [0.25, 0.3) is 0 Å². The van der Waals surface area contributed by atoms with Crippen molar-refractivity contribution in [1.82, 2.24) is 0 Å². The molecule has 0 saturated heterocycles. The summed E-state index contributed by atoms with van der Waals surface area (Å²) in [6.45, 7) is 4.02. The molecular formula is C18H18BrNO4. The maximum absolute atomic E-state index is 12.1. The fraction of sp³-hybridized carbons (Fsp3) is 0.222. The Bertz CT molecular complexity index is 746. The Hall–Kier alpha value is -2.34. The van der Waals surface area contributed by atoms with Gasteiger partial charge in [-0.1, -0.05) is 15.9 Å². The van der Waals surface area contributed by atoms with Crippen molar-refractivity contribution in [2.45, 2.75) is 13.8 Å². The van der Waals surface area contributed by atoms with Crippen molar-refractivity contribution in [3.05, 3.63) is 52.0 Å². The summed E-state index contributed by atoms with van der Waals surface area (Å²) >= 11 is 3.38. The highest BCUT2D eigenvalue weighted by molar-refractivity contribution is 9.10. The molecule has 0 aliphatic heterocycles. The van der Waals surface area contributed by atoms with Crippen LogP contribution in [0.5, 0.6) is 11.5 Å². The van der Waals surface area contributed by atoms with Crippen LogP contribution in [0.3, 0.4) is 0 Å². The number of amides is 1. The number of halogens is 1. The number of ether oxygens (including phenoxy) is 2. The number of nitrogens with one attached hydrogen (secondary N) is 1. The molecule has 0 aromatic heterocycles. The van der Waals surface area contributed by atoms with Gasteiger partial charge in [0.25, 0.3) is 5.91 Å². The summed E-state index contributed by atoms with van der Waals surface area (Å²) in [7, 11) is 0. The smallest absolute Gasteiger partial charge is 0.262 e. The van der Waals surface area contributed by atoms with Gasteiger partial charge in [-0.15, -0.1) is 0 Å². The molecule has 0 unspecified atom stereocenters. The van der Waals surface area contributed by atoms with Crippen molar-refractivity contribution in [3.63, 3.8) is 0 Å². The van der Waals surface area contributed by atoms with Gasteiger partial charge in [-0.3, -0.25) is 9.59 Å². The van der Waals surface area contributed by atoms with E-state index in [-0.39, 0.29) is 12.5 Å². The second kappa shape index (κ2) is 8.49. The van der Waals surface area contributed by atoms with Crippen LogP contribution in [-0.4, -0.2) is 25.4 Å². The normalized spacial score (nSPS) is 10.1. The van der Waals surface area contributed by atoms with Crippen LogP contribution in [0.4, 0.5) is 5.69 Å². The van der Waals surface area contributed by atoms with Crippen molar-refractivity contribution in [2.75, 3.05) is 18.5 Å². The second-order valence-electron chi connectivity index (χ2n) is 5.05. The van der Waals surface area contributed by atoms with Crippen LogP contribution in [0.15, 0.2) is 40.9 Å². The van der Waals surface area contributed by atoms with Crippen LogP contribution >= 0.6 is 15.9 Å². The molecule has 5 nitrogen and oxygen atoms in total. The minimum atomic E-state index is -0.276. The molecule has 6 heteroatoms. The van der Waals surface area contributed by atoms with Gasteiger partial charge in [-0.05, 0) is 55.8 Å². The number of carbonyl (C=O) groups is 2. The average Bonchev–Trinajstić information content (AvgIpc) is 2.56. The quantitative estimate of drug-likeness (QED) is 0.724. The fourth-order valence-electron chi connectivity index (χ4n) is 2.08. The van der Waals surface area contributed by atoms with E-state index in [0.29, 0.717) is 23.7 Å². The predicted molar refractivity (Wildman–Crippen MR) is 96.0 cm³/mol. The van der Waals surface area contributed by atoms with Crippen molar-refractivity contribution in [3.8, 4) is 11.5 Å². The zero-order valence-electron chi connectivity index (χ0n) is 13.5. The molecule has 1 amide bonds. The average molecular weight is 392 g/mol. The Kier molecular flexibility index (Phi) is 6.37. The molecule has 0 aliphatic carbocycles. The molecule has 1 N–H and O–H groups in total. The topological polar surface area (TPSA) is 64.6 Å². The van der Waals surface area contributed by atoms with Crippen LogP contribution in [0.2, 0.25) is 0 Å². The third-order valence-electron chi connectivity index (χ3n) is 3.22. The highest BCUT2D eigenvalue weighted by Gasteiger charge is 2.10. The second-order valence-corrected chi connectivity index (χ2v) is 5.97. The van der Waals surface area contributed by atoms with Crippen LogP contribution < -0.4 is 14.8 Å². The summed E-state index contributed by atoms with van der Waals surface area (Å²) in [5.41, 5.74) is 2.16. The van der Waals surface area contributed by atoms with E-state index < -0.39 is 0 Å². The maximum Gasteiger partial charge on any atom is 0.262 e. The number of aryl methyl sites for hydroxylation is 1. The van der Waals surface area contributed by atoms with Gasteiger partial charge in [-0.2, -0.15) is 0 Å². The van der Waals surface area contributed by atoms with Gasteiger partial charge >= 0.3 is 0 Å². The molecule has 0 atom stereocenters. The van der Waals surface area contributed by atoms with E-state index in [2.05, 4.69) is 21.2 Å². The summed E-state index contributed by atoms with van der Waals surface area (Å²) in [6, 6.07) is 10.4. The number of aldehydes is 1. The third-order valence-corrected chi connectivity index (χ3v) is 3.72. The van der Waals surface area contributed by atoms with Gasteiger partial charge in [0.15, 0.2) is 18.1 Å². The SMILES string of the molecule is CCOc1cc(C=O)ccc1OCC(=O)Nc1ccc(Br)cc1C. The fourth-order valence-corrected chi connectivity index (χ4v) is 2.56. The van der Waals surface area contributed by atoms with Crippen molar-refractivity contribution < 1.29 is 19.1 Å². The van der Waals surface area contributed by atoms with Gasteiger partial charge < -0.3 is 14.8 Å². The summed E-state index contributed by atoms with van der Waals surface area (Å²) < 4.78 is 11.9. The number of hydrogen-bond acceptors (Lipinski definition) is 4. The Morgan fingerprint density at radius 2 is 1.96 bits per heavy atom. The lowest BCUT2D eigenvalue weighted by molar-refractivity contribution is -0.118. The molecule has 0 saturated carbocycles. The van der Waals surface area contributed by atoms with Crippen molar-refractivity contribution in [1.29, 1.82) is 0 Å². The van der Waals surface area contributed by atoms with Crippen molar-refractivity contribution >= 4 is 33.8 Å². The zero-order valence-corrected chi connectivity index (χ0v) is 15.1. The highest BCUT2D eigenvalue weighted by atomic mass is 79.9. The Balaban J connectivity index is 2.02. The molecule has 2 rings (SSSR count). The molecule has 0 aliphatic rings. The maximum atomic E-state index is 12.1. The lowest BCUT2D eigenvalue weighted by Gasteiger charge is -2.13. The summed E-state index contributed by atoms with van der Waals surface area (Å²) in [5.74, 6) is 0.585. The highest BCUT2D eigenvalue weighted by Crippen LogP contribution is 2.28. The van der Waals surface area contributed by atoms with E-state index in [1.807, 2.05) is 32.0 Å². The van der Waals surface area contributed by atoms with Gasteiger partial charge in [0, 0.05) is 15.7 Å². The molecule has 2 aromatic carbocycles. The summed E-state index contributed by atoms with van der Waals surface area (Å²) in [4.78, 5) is 22.9. The van der Waals surface area contributed by atoms with E-state index in [4.69, 9.17) is 9.47 Å². The van der Waals surface area contributed by atoms with Crippen LogP contribution in [0.1, 0.15) is 22.8 Å². The first-order valence-corrected chi connectivity index (χ1v) is 8.23. The molecule has 24 heavy (non-hydrogen) atoms. The van der Waals surface area contributed by atoms with E-state index in [1.165, 1.54) is 0 Å². The summed E-state index contributed by atoms with van der Waals surface area (Å²) in [5, 5.41) is 2.80. The molecule has 126 valence electrons. The summed E-state index contributed by atoms with van der Waals surface area (Å²) in [6.07, 6.45) is 0.731. The first kappa shape index (κ1) is 18.0. The van der Waals surface area contributed by atoms with Gasteiger partial charge in [-0.25, -0.2) is 0 Å².